The molecule has 0 saturated carbocycles. The molecular weight excluding hydrogens is 496 g/mol. The summed E-state index contributed by atoms with van der Waals surface area (Å²) < 4.78 is 0. The fourth-order valence-electron chi connectivity index (χ4n) is 3.73. The van der Waals surface area contributed by atoms with Crippen LogP contribution in [0.5, 0.6) is 5.88 Å². The van der Waals surface area contributed by atoms with E-state index in [0.717, 1.165) is 23.0 Å². The third-order valence-electron chi connectivity index (χ3n) is 5.69. The molecule has 2 heterocycles. The van der Waals surface area contributed by atoms with Crippen molar-refractivity contribution in [3.05, 3.63) is 86.1 Å². The largest absolute Gasteiger partial charge is 0.494 e. The number of anilines is 2. The molecule has 2 atom stereocenters. The molecule has 0 aliphatic carbocycles. The van der Waals surface area contributed by atoms with E-state index in [1.54, 1.807) is 24.3 Å². The lowest BCUT2D eigenvalue weighted by Gasteiger charge is -2.17. The van der Waals surface area contributed by atoms with Gasteiger partial charge in [-0.15, -0.1) is 0 Å². The van der Waals surface area contributed by atoms with Crippen LogP contribution in [0, 0.1) is 6.92 Å². The maximum absolute atomic E-state index is 12.6. The van der Waals surface area contributed by atoms with Gasteiger partial charge in [0.25, 0.3) is 5.56 Å². The minimum absolute atomic E-state index is 0.0872. The number of amidine groups is 1. The second kappa shape index (κ2) is 10.7. The number of aromatic amines is 2. The fraction of sp³-hybridized carbons (Fsp3) is 0.240. The molecule has 1 aromatic heterocycles. The number of nitrogens with zero attached hydrogens (tertiary/aromatic N) is 2. The Morgan fingerprint density at radius 2 is 1.76 bits per heavy atom. The third-order valence-corrected chi connectivity index (χ3v) is 6.78. The molecule has 37 heavy (non-hydrogen) atoms. The number of thioether (sulfide) groups is 1. The molecular formula is C25H26N6O5S. The van der Waals surface area contributed by atoms with Crippen molar-refractivity contribution < 1.29 is 14.7 Å². The smallest absolute Gasteiger partial charge is 0.328 e. The molecule has 192 valence electrons. The van der Waals surface area contributed by atoms with Crippen LogP contribution >= 0.6 is 11.8 Å². The number of aromatic hydroxyl groups is 1. The highest BCUT2D eigenvalue weighted by atomic mass is 32.2. The summed E-state index contributed by atoms with van der Waals surface area (Å²) in [7, 11) is 3.76. The van der Waals surface area contributed by atoms with Gasteiger partial charge in [-0.1, -0.05) is 41.6 Å². The molecule has 1 saturated heterocycles. The average Bonchev–Trinajstić information content (AvgIpc) is 3.17. The van der Waals surface area contributed by atoms with E-state index in [2.05, 4.69) is 25.6 Å². The molecule has 1 aliphatic rings. The molecule has 0 bridgehead atoms. The Morgan fingerprint density at radius 1 is 1.08 bits per heavy atom. The zero-order chi connectivity index (χ0) is 26.7. The highest BCUT2D eigenvalue weighted by Crippen LogP contribution is 2.32. The van der Waals surface area contributed by atoms with Crippen molar-refractivity contribution in [3.63, 3.8) is 0 Å². The summed E-state index contributed by atoms with van der Waals surface area (Å²) in [5.41, 5.74) is 1.28. The molecule has 5 N–H and O–H groups in total. The van der Waals surface area contributed by atoms with Crippen LogP contribution in [0.1, 0.15) is 29.2 Å². The van der Waals surface area contributed by atoms with Crippen LogP contribution in [0.2, 0.25) is 0 Å². The van der Waals surface area contributed by atoms with Crippen molar-refractivity contribution in [2.45, 2.75) is 24.6 Å². The highest BCUT2D eigenvalue weighted by Gasteiger charge is 2.33. The number of aliphatic imine (C=N–C) groups is 1. The number of amides is 2. The second-order valence-corrected chi connectivity index (χ2v) is 9.90. The maximum atomic E-state index is 12.6. The molecule has 0 radical (unpaired) electrons. The van der Waals surface area contributed by atoms with E-state index in [1.807, 2.05) is 50.2 Å². The number of carbonyl (C=O) groups is 2. The quantitative estimate of drug-likeness (QED) is 0.317. The molecule has 3 aromatic rings. The summed E-state index contributed by atoms with van der Waals surface area (Å²) in [5, 5.41) is 15.3. The SMILES string of the molecule is Cc1ccc(NC(=O)C[C@@H]2SC(=N[C@@H](c3ccc(N(C)C)cc3)c3c(O)[nH]c(=O)[nH]c3=O)NC2=O)cc1. The van der Waals surface area contributed by atoms with Crippen LogP contribution in [0.15, 0.2) is 63.1 Å². The number of carbonyl (C=O) groups excluding carboxylic acids is 2. The summed E-state index contributed by atoms with van der Waals surface area (Å²) in [4.78, 5) is 60.1. The fourth-order valence-corrected chi connectivity index (χ4v) is 4.73. The lowest BCUT2D eigenvalue weighted by Crippen LogP contribution is -2.29. The van der Waals surface area contributed by atoms with Crippen molar-refractivity contribution in [2.24, 2.45) is 4.99 Å². The second-order valence-electron chi connectivity index (χ2n) is 8.71. The average molecular weight is 523 g/mol. The van der Waals surface area contributed by atoms with Gasteiger partial charge in [0.15, 0.2) is 5.17 Å². The number of rotatable bonds is 7. The van der Waals surface area contributed by atoms with E-state index < -0.39 is 34.3 Å². The Morgan fingerprint density at radius 3 is 2.38 bits per heavy atom. The molecule has 11 nitrogen and oxygen atoms in total. The van der Waals surface area contributed by atoms with Crippen molar-refractivity contribution in [2.75, 3.05) is 24.3 Å². The number of hydrogen-bond donors (Lipinski definition) is 5. The molecule has 2 amide bonds. The van der Waals surface area contributed by atoms with E-state index >= 15 is 0 Å². The number of aryl methyl sites for hydroxylation is 1. The Bertz CT molecular complexity index is 1460. The number of H-pyrrole nitrogens is 2. The first kappa shape index (κ1) is 25.8. The first-order chi connectivity index (χ1) is 17.6. The summed E-state index contributed by atoms with van der Waals surface area (Å²) in [6, 6.07) is 13.4. The zero-order valence-corrected chi connectivity index (χ0v) is 21.2. The van der Waals surface area contributed by atoms with E-state index in [-0.39, 0.29) is 23.1 Å². The lowest BCUT2D eigenvalue weighted by atomic mass is 10.0. The molecule has 1 fully saturated rings. The Hall–Kier alpha value is -4.32. The predicted molar refractivity (Wildman–Crippen MR) is 143 cm³/mol. The van der Waals surface area contributed by atoms with Crippen molar-refractivity contribution in [3.8, 4) is 5.88 Å². The van der Waals surface area contributed by atoms with Gasteiger partial charge >= 0.3 is 5.69 Å². The van der Waals surface area contributed by atoms with Crippen molar-refractivity contribution in [1.29, 1.82) is 0 Å². The molecule has 2 aromatic carbocycles. The van der Waals surface area contributed by atoms with E-state index in [4.69, 9.17) is 0 Å². The van der Waals surface area contributed by atoms with Gasteiger partial charge in [-0.2, -0.15) is 0 Å². The highest BCUT2D eigenvalue weighted by molar-refractivity contribution is 8.15. The minimum atomic E-state index is -1.04. The van der Waals surface area contributed by atoms with Gasteiger partial charge in [0.1, 0.15) is 16.9 Å². The molecule has 1 aliphatic heterocycles. The Balaban J connectivity index is 1.60. The van der Waals surface area contributed by atoms with E-state index in [0.29, 0.717) is 11.3 Å². The summed E-state index contributed by atoms with van der Waals surface area (Å²) in [5.74, 6) is -1.35. The number of aromatic nitrogens is 2. The molecule has 0 spiro atoms. The van der Waals surface area contributed by atoms with Gasteiger partial charge in [-0.05, 0) is 36.8 Å². The van der Waals surface area contributed by atoms with Gasteiger partial charge in [-0.3, -0.25) is 24.4 Å². The Labute approximate surface area is 216 Å². The van der Waals surface area contributed by atoms with E-state index in [9.17, 15) is 24.3 Å². The lowest BCUT2D eigenvalue weighted by molar-refractivity contribution is -0.122. The van der Waals surface area contributed by atoms with E-state index in [1.165, 1.54) is 0 Å². The molecule has 4 rings (SSSR count). The van der Waals surface area contributed by atoms with Gasteiger partial charge in [-0.25, -0.2) is 9.79 Å². The first-order valence-corrected chi connectivity index (χ1v) is 12.2. The van der Waals surface area contributed by atoms with Crippen LogP contribution in [-0.4, -0.2) is 51.4 Å². The normalized spacial score (nSPS) is 16.9. The first-order valence-electron chi connectivity index (χ1n) is 11.4. The van der Waals surface area contributed by atoms with Crippen LogP contribution in [0.25, 0.3) is 0 Å². The van der Waals surface area contributed by atoms with Crippen molar-refractivity contribution >= 4 is 40.1 Å². The predicted octanol–water partition coefficient (Wildman–Crippen LogP) is 1.85. The zero-order valence-electron chi connectivity index (χ0n) is 20.4. The third kappa shape index (κ3) is 6.09. The van der Waals surface area contributed by atoms with Gasteiger partial charge < -0.3 is 20.6 Å². The van der Waals surface area contributed by atoms with Crippen LogP contribution in [0.4, 0.5) is 11.4 Å². The van der Waals surface area contributed by atoms with Crippen LogP contribution in [0.3, 0.4) is 0 Å². The molecule has 12 heteroatoms. The van der Waals surface area contributed by atoms with Gasteiger partial charge in [0.2, 0.25) is 17.7 Å². The summed E-state index contributed by atoms with van der Waals surface area (Å²) in [6.45, 7) is 1.94. The van der Waals surface area contributed by atoms with Crippen LogP contribution < -0.4 is 26.8 Å². The topological polar surface area (TPSA) is 160 Å². The van der Waals surface area contributed by atoms with Gasteiger partial charge in [0, 0.05) is 31.9 Å². The molecule has 0 unspecified atom stereocenters. The van der Waals surface area contributed by atoms with Crippen LogP contribution in [-0.2, 0) is 9.59 Å². The van der Waals surface area contributed by atoms with Crippen molar-refractivity contribution in [1.82, 2.24) is 15.3 Å². The number of benzene rings is 2. The standard InChI is InChI=1S/C25H26N6O5S/c1-13-4-8-15(9-5-13)26-18(32)12-17-21(33)30-25(37-17)27-20(14-6-10-16(11-7-14)31(2)3)19-22(34)28-24(36)29-23(19)35/h4-11,17,20H,12H2,1-3H3,(H,26,32)(H,27,30,33)(H3,28,29,34,35,36)/t17-,20-/m0/s1. The Kier molecular flexibility index (Phi) is 7.48. The van der Waals surface area contributed by atoms with Gasteiger partial charge in [0.05, 0.1) is 0 Å². The number of nitrogens with one attached hydrogen (secondary N) is 4. The maximum Gasteiger partial charge on any atom is 0.328 e. The monoisotopic (exact) mass is 522 g/mol. The number of hydrogen-bond acceptors (Lipinski definition) is 8. The minimum Gasteiger partial charge on any atom is -0.494 e. The summed E-state index contributed by atoms with van der Waals surface area (Å²) in [6.07, 6.45) is -0.0872. The summed E-state index contributed by atoms with van der Waals surface area (Å²) >= 11 is 1.06.